The number of rotatable bonds is 5. The molecule has 0 aliphatic rings. The highest BCUT2D eigenvalue weighted by Crippen LogP contribution is 2.31. The molecule has 0 atom stereocenters. The van der Waals surface area contributed by atoms with Crippen molar-refractivity contribution < 1.29 is 23.0 Å². The molecule has 0 saturated heterocycles. The van der Waals surface area contributed by atoms with E-state index >= 15 is 0 Å². The molecule has 0 heterocycles. The van der Waals surface area contributed by atoms with E-state index in [1.807, 2.05) is 0 Å². The Bertz CT molecular complexity index is 467. The highest BCUT2D eigenvalue weighted by atomic mass is 19.3. The van der Waals surface area contributed by atoms with E-state index in [4.69, 9.17) is 15.2 Å². The van der Waals surface area contributed by atoms with Gasteiger partial charge in [-0.3, -0.25) is 4.79 Å². The van der Waals surface area contributed by atoms with E-state index in [2.05, 4.69) is 0 Å². The molecule has 0 aliphatic heterocycles. The van der Waals surface area contributed by atoms with Crippen molar-refractivity contribution in [2.24, 2.45) is 0 Å². The van der Waals surface area contributed by atoms with Crippen LogP contribution in [-0.2, 0) is 0 Å². The zero-order valence-corrected chi connectivity index (χ0v) is 10.9. The molecule has 0 aliphatic carbocycles. The molecule has 1 rings (SSSR count). The van der Waals surface area contributed by atoms with Crippen molar-refractivity contribution in [1.82, 2.24) is 4.90 Å². The summed E-state index contributed by atoms with van der Waals surface area (Å²) in [6.45, 7) is -0.669. The normalized spacial score (nSPS) is 10.4. The van der Waals surface area contributed by atoms with Gasteiger partial charge in [-0.05, 0) is 6.07 Å². The van der Waals surface area contributed by atoms with Crippen LogP contribution < -0.4 is 15.2 Å². The lowest BCUT2D eigenvalue weighted by Gasteiger charge is -2.19. The number of benzene rings is 1. The number of alkyl halides is 2. The second kappa shape index (κ2) is 6.21. The van der Waals surface area contributed by atoms with Crippen LogP contribution in [0.25, 0.3) is 0 Å². The summed E-state index contributed by atoms with van der Waals surface area (Å²) in [5.41, 5.74) is 5.93. The number of anilines is 1. The van der Waals surface area contributed by atoms with Crippen LogP contribution >= 0.6 is 0 Å². The fourth-order valence-corrected chi connectivity index (χ4v) is 1.56. The maximum atomic E-state index is 12.3. The lowest BCUT2D eigenvalue weighted by molar-refractivity contribution is 0.0620. The minimum Gasteiger partial charge on any atom is -0.497 e. The Kier molecular flexibility index (Phi) is 4.91. The number of carbonyl (C=O) groups is 1. The first-order valence-electron chi connectivity index (χ1n) is 5.45. The van der Waals surface area contributed by atoms with Crippen LogP contribution in [0.15, 0.2) is 12.1 Å². The van der Waals surface area contributed by atoms with Crippen molar-refractivity contribution in [3.05, 3.63) is 17.7 Å². The highest BCUT2D eigenvalue weighted by molar-refractivity contribution is 6.00. The first kappa shape index (κ1) is 15.0. The smallest absolute Gasteiger partial charge is 0.256 e. The van der Waals surface area contributed by atoms with E-state index in [1.165, 1.54) is 33.4 Å². The largest absolute Gasteiger partial charge is 0.497 e. The predicted octanol–water partition coefficient (Wildman–Crippen LogP) is 1.62. The number of hydrogen-bond donors (Lipinski definition) is 1. The number of carbonyl (C=O) groups excluding carboxylic acids is 1. The standard InChI is InChI=1S/C12H16F2N2O3/c1-16(6-10(13)14)12(17)8-4-7(18-2)5-9(19-3)11(8)15/h4-5,10H,6,15H2,1-3H3. The molecule has 1 amide bonds. The molecule has 0 unspecified atom stereocenters. The van der Waals surface area contributed by atoms with Crippen LogP contribution in [0, 0.1) is 0 Å². The molecule has 0 fully saturated rings. The third kappa shape index (κ3) is 3.46. The summed E-state index contributed by atoms with van der Waals surface area (Å²) in [6, 6.07) is 2.90. The number of nitrogens with two attached hydrogens (primary N) is 1. The Morgan fingerprint density at radius 2 is 2.00 bits per heavy atom. The van der Waals surface area contributed by atoms with Crippen LogP contribution in [-0.4, -0.2) is 45.0 Å². The maximum absolute atomic E-state index is 12.3. The van der Waals surface area contributed by atoms with Gasteiger partial charge in [-0.25, -0.2) is 8.78 Å². The van der Waals surface area contributed by atoms with Gasteiger partial charge in [0.25, 0.3) is 12.3 Å². The summed E-state index contributed by atoms with van der Waals surface area (Å²) in [4.78, 5) is 12.9. The third-order valence-corrected chi connectivity index (χ3v) is 2.56. The number of methoxy groups -OCH3 is 2. The monoisotopic (exact) mass is 274 g/mol. The van der Waals surface area contributed by atoms with Crippen molar-refractivity contribution in [1.29, 1.82) is 0 Å². The molecule has 0 radical (unpaired) electrons. The minimum atomic E-state index is -2.61. The van der Waals surface area contributed by atoms with Gasteiger partial charge in [0.2, 0.25) is 0 Å². The molecule has 0 saturated carbocycles. The Labute approximate surface area is 109 Å². The van der Waals surface area contributed by atoms with E-state index in [1.54, 1.807) is 0 Å². The van der Waals surface area contributed by atoms with Crippen LogP contribution in [0.4, 0.5) is 14.5 Å². The van der Waals surface area contributed by atoms with Gasteiger partial charge in [0, 0.05) is 13.1 Å². The van der Waals surface area contributed by atoms with E-state index in [9.17, 15) is 13.6 Å². The SMILES string of the molecule is COc1cc(OC)c(N)c(C(=O)N(C)CC(F)F)c1. The fourth-order valence-electron chi connectivity index (χ4n) is 1.56. The minimum absolute atomic E-state index is 0.0688. The number of halogens is 2. The summed E-state index contributed by atoms with van der Waals surface area (Å²) in [6.07, 6.45) is -2.61. The van der Waals surface area contributed by atoms with Crippen molar-refractivity contribution in [2.45, 2.75) is 6.43 Å². The van der Waals surface area contributed by atoms with Crippen LogP contribution in [0.5, 0.6) is 11.5 Å². The topological polar surface area (TPSA) is 64.8 Å². The molecular formula is C12H16F2N2O3. The van der Waals surface area contributed by atoms with E-state index in [-0.39, 0.29) is 17.0 Å². The number of nitrogen functional groups attached to an aromatic ring is 1. The zero-order chi connectivity index (χ0) is 14.6. The van der Waals surface area contributed by atoms with Gasteiger partial charge in [0.1, 0.15) is 11.5 Å². The Hall–Kier alpha value is -2.05. The van der Waals surface area contributed by atoms with Gasteiger partial charge < -0.3 is 20.1 Å². The van der Waals surface area contributed by atoms with Gasteiger partial charge in [-0.2, -0.15) is 0 Å². The molecule has 5 nitrogen and oxygen atoms in total. The van der Waals surface area contributed by atoms with Gasteiger partial charge in [-0.1, -0.05) is 0 Å². The van der Waals surface area contributed by atoms with E-state index in [0.29, 0.717) is 5.75 Å². The van der Waals surface area contributed by atoms with Crippen molar-refractivity contribution in [2.75, 3.05) is 33.5 Å². The number of nitrogens with zero attached hydrogens (tertiary/aromatic N) is 1. The molecule has 106 valence electrons. The molecule has 19 heavy (non-hydrogen) atoms. The summed E-state index contributed by atoms with van der Waals surface area (Å²) in [5.74, 6) is 0.00277. The second-order valence-electron chi connectivity index (χ2n) is 3.87. The lowest BCUT2D eigenvalue weighted by Crippen LogP contribution is -2.31. The molecule has 0 spiro atoms. The van der Waals surface area contributed by atoms with Crippen LogP contribution in [0.1, 0.15) is 10.4 Å². The number of amides is 1. The first-order chi connectivity index (χ1) is 8.90. The Balaban J connectivity index is 3.14. The number of hydrogen-bond acceptors (Lipinski definition) is 4. The molecule has 0 aromatic heterocycles. The lowest BCUT2D eigenvalue weighted by atomic mass is 10.1. The molecule has 1 aromatic carbocycles. The van der Waals surface area contributed by atoms with Crippen LogP contribution in [0.3, 0.4) is 0 Å². The number of ether oxygens (including phenoxy) is 2. The third-order valence-electron chi connectivity index (χ3n) is 2.56. The van der Waals surface area contributed by atoms with Gasteiger partial charge in [0.05, 0.1) is 32.0 Å². The van der Waals surface area contributed by atoms with E-state index in [0.717, 1.165) is 4.90 Å². The Morgan fingerprint density at radius 1 is 1.37 bits per heavy atom. The van der Waals surface area contributed by atoms with Gasteiger partial charge in [0.15, 0.2) is 0 Å². The summed E-state index contributed by atoms with van der Waals surface area (Å²) in [5, 5.41) is 0. The molecule has 2 N–H and O–H groups in total. The summed E-state index contributed by atoms with van der Waals surface area (Å²) < 4.78 is 34.6. The summed E-state index contributed by atoms with van der Waals surface area (Å²) in [7, 11) is 4.09. The highest BCUT2D eigenvalue weighted by Gasteiger charge is 2.21. The second-order valence-corrected chi connectivity index (χ2v) is 3.87. The van der Waals surface area contributed by atoms with Gasteiger partial charge >= 0.3 is 0 Å². The fraction of sp³-hybridized carbons (Fsp3) is 0.417. The van der Waals surface area contributed by atoms with Crippen molar-refractivity contribution in [3.63, 3.8) is 0 Å². The molecule has 0 bridgehead atoms. The molecular weight excluding hydrogens is 258 g/mol. The van der Waals surface area contributed by atoms with Gasteiger partial charge in [-0.15, -0.1) is 0 Å². The summed E-state index contributed by atoms with van der Waals surface area (Å²) >= 11 is 0. The van der Waals surface area contributed by atoms with Crippen molar-refractivity contribution in [3.8, 4) is 11.5 Å². The molecule has 1 aromatic rings. The quantitative estimate of drug-likeness (QED) is 0.829. The zero-order valence-electron chi connectivity index (χ0n) is 10.9. The average Bonchev–Trinajstić information content (AvgIpc) is 2.37. The van der Waals surface area contributed by atoms with Crippen molar-refractivity contribution >= 4 is 11.6 Å². The predicted molar refractivity (Wildman–Crippen MR) is 66.9 cm³/mol. The first-order valence-corrected chi connectivity index (χ1v) is 5.45. The molecule has 7 heteroatoms. The van der Waals surface area contributed by atoms with Crippen LogP contribution in [0.2, 0.25) is 0 Å². The Morgan fingerprint density at radius 3 is 2.47 bits per heavy atom. The maximum Gasteiger partial charge on any atom is 0.256 e. The van der Waals surface area contributed by atoms with E-state index < -0.39 is 18.9 Å². The average molecular weight is 274 g/mol.